The van der Waals surface area contributed by atoms with Gasteiger partial charge < -0.3 is 10.2 Å². The number of nitrogens with zero attached hydrogens (tertiary/aromatic N) is 1. The summed E-state index contributed by atoms with van der Waals surface area (Å²) in [7, 11) is 0. The largest absolute Gasteiger partial charge is 0.324 e. The van der Waals surface area contributed by atoms with Crippen LogP contribution in [0.1, 0.15) is 34.7 Å². The maximum Gasteiger partial charge on any atom is 0.244 e. The summed E-state index contributed by atoms with van der Waals surface area (Å²) >= 11 is 0. The molecule has 4 nitrogen and oxygen atoms in total. The smallest absolute Gasteiger partial charge is 0.244 e. The second kappa shape index (κ2) is 7.51. The molecular formula is C21H26N2O2. The lowest BCUT2D eigenvalue weighted by molar-refractivity contribution is -0.120. The SMILES string of the molecule is CC(=O)N(CC(=O)Nc1cccc(C)c1C)c1c(C)cc(C)cc1C. The molecule has 1 N–H and O–H groups in total. The number of carbonyl (C=O) groups is 2. The predicted octanol–water partition coefficient (Wildman–Crippen LogP) is 4.22. The molecule has 0 saturated heterocycles. The molecule has 0 radical (unpaired) electrons. The zero-order valence-electron chi connectivity index (χ0n) is 15.9. The molecule has 0 aliphatic heterocycles. The van der Waals surface area contributed by atoms with Crippen LogP contribution in [0, 0.1) is 34.6 Å². The molecule has 0 bridgehead atoms. The van der Waals surface area contributed by atoms with Crippen molar-refractivity contribution in [3.8, 4) is 0 Å². The average Bonchev–Trinajstić information content (AvgIpc) is 2.49. The van der Waals surface area contributed by atoms with Crippen molar-refractivity contribution in [2.24, 2.45) is 0 Å². The molecule has 0 unspecified atom stereocenters. The van der Waals surface area contributed by atoms with Gasteiger partial charge in [0.15, 0.2) is 0 Å². The van der Waals surface area contributed by atoms with Gasteiger partial charge in [0.25, 0.3) is 0 Å². The molecule has 25 heavy (non-hydrogen) atoms. The number of nitrogens with one attached hydrogen (secondary N) is 1. The molecule has 2 aromatic rings. The van der Waals surface area contributed by atoms with Crippen LogP contribution in [0.15, 0.2) is 30.3 Å². The quantitative estimate of drug-likeness (QED) is 0.907. The maximum atomic E-state index is 12.5. The average molecular weight is 338 g/mol. The number of hydrogen-bond acceptors (Lipinski definition) is 2. The molecule has 0 aromatic heterocycles. The highest BCUT2D eigenvalue weighted by Crippen LogP contribution is 2.27. The van der Waals surface area contributed by atoms with Gasteiger partial charge in [-0.05, 0) is 62.9 Å². The number of rotatable bonds is 4. The molecule has 0 saturated carbocycles. The Morgan fingerprint density at radius 1 is 0.960 bits per heavy atom. The van der Waals surface area contributed by atoms with Gasteiger partial charge in [-0.2, -0.15) is 0 Å². The highest BCUT2D eigenvalue weighted by atomic mass is 16.2. The van der Waals surface area contributed by atoms with Crippen LogP contribution in [0.5, 0.6) is 0 Å². The molecule has 0 atom stereocenters. The van der Waals surface area contributed by atoms with E-state index in [1.807, 2.05) is 65.0 Å². The predicted molar refractivity (Wildman–Crippen MR) is 103 cm³/mol. The molecule has 0 aliphatic rings. The van der Waals surface area contributed by atoms with E-state index in [1.54, 1.807) is 4.90 Å². The first kappa shape index (κ1) is 18.7. The molecule has 0 aliphatic carbocycles. The maximum absolute atomic E-state index is 12.5. The Morgan fingerprint density at radius 3 is 2.12 bits per heavy atom. The van der Waals surface area contributed by atoms with Gasteiger partial charge in [-0.15, -0.1) is 0 Å². The van der Waals surface area contributed by atoms with Gasteiger partial charge in [0.1, 0.15) is 6.54 Å². The van der Waals surface area contributed by atoms with Crippen molar-refractivity contribution in [2.75, 3.05) is 16.8 Å². The second-order valence-electron chi connectivity index (χ2n) is 6.65. The van der Waals surface area contributed by atoms with Crippen molar-refractivity contribution in [3.63, 3.8) is 0 Å². The summed E-state index contributed by atoms with van der Waals surface area (Å²) in [4.78, 5) is 26.3. The molecule has 0 spiro atoms. The second-order valence-corrected chi connectivity index (χ2v) is 6.65. The summed E-state index contributed by atoms with van der Waals surface area (Å²) in [5.74, 6) is -0.352. The minimum absolute atomic E-state index is 0.00649. The van der Waals surface area contributed by atoms with E-state index in [0.29, 0.717) is 0 Å². The Kier molecular flexibility index (Phi) is 5.62. The van der Waals surface area contributed by atoms with Gasteiger partial charge in [-0.25, -0.2) is 0 Å². The van der Waals surface area contributed by atoms with Gasteiger partial charge in [-0.3, -0.25) is 9.59 Å². The van der Waals surface area contributed by atoms with E-state index in [-0.39, 0.29) is 18.4 Å². The van der Waals surface area contributed by atoms with E-state index in [4.69, 9.17) is 0 Å². The van der Waals surface area contributed by atoms with Crippen LogP contribution >= 0.6 is 0 Å². The van der Waals surface area contributed by atoms with Crippen molar-refractivity contribution < 1.29 is 9.59 Å². The van der Waals surface area contributed by atoms with Crippen molar-refractivity contribution in [2.45, 2.75) is 41.5 Å². The van der Waals surface area contributed by atoms with Crippen LogP contribution in [-0.4, -0.2) is 18.4 Å². The van der Waals surface area contributed by atoms with Crippen molar-refractivity contribution in [1.82, 2.24) is 0 Å². The van der Waals surface area contributed by atoms with Crippen molar-refractivity contribution >= 4 is 23.2 Å². The first-order valence-corrected chi connectivity index (χ1v) is 8.42. The van der Waals surface area contributed by atoms with Crippen LogP contribution in [0.25, 0.3) is 0 Å². The molecule has 2 rings (SSSR count). The molecule has 0 heterocycles. The number of carbonyl (C=O) groups excluding carboxylic acids is 2. The molecule has 4 heteroatoms. The summed E-state index contributed by atoms with van der Waals surface area (Å²) in [6, 6.07) is 9.85. The zero-order chi connectivity index (χ0) is 18.7. The van der Waals surface area contributed by atoms with Crippen LogP contribution in [0.4, 0.5) is 11.4 Å². The standard InChI is InChI=1S/C21H26N2O2/c1-13-10-15(3)21(16(4)11-13)23(18(6)24)12-20(25)22-19-9-7-8-14(2)17(19)5/h7-11H,12H2,1-6H3,(H,22,25). The lowest BCUT2D eigenvalue weighted by Crippen LogP contribution is -2.37. The highest BCUT2D eigenvalue weighted by molar-refractivity contribution is 6.03. The monoisotopic (exact) mass is 338 g/mol. The summed E-state index contributed by atoms with van der Waals surface area (Å²) in [6.45, 7) is 11.4. The first-order chi connectivity index (χ1) is 11.7. The molecule has 0 fully saturated rings. The van der Waals surface area contributed by atoms with E-state index in [1.165, 1.54) is 6.92 Å². The Morgan fingerprint density at radius 2 is 1.56 bits per heavy atom. The zero-order valence-corrected chi connectivity index (χ0v) is 15.9. The third kappa shape index (κ3) is 4.27. The fourth-order valence-electron chi connectivity index (χ4n) is 3.17. The van der Waals surface area contributed by atoms with Gasteiger partial charge >= 0.3 is 0 Å². The number of amides is 2. The highest BCUT2D eigenvalue weighted by Gasteiger charge is 2.20. The van der Waals surface area contributed by atoms with Gasteiger partial charge in [0.2, 0.25) is 11.8 Å². The number of aryl methyl sites for hydroxylation is 4. The minimum Gasteiger partial charge on any atom is -0.324 e. The number of anilines is 2. The van der Waals surface area contributed by atoms with Gasteiger partial charge in [0, 0.05) is 12.6 Å². The fourth-order valence-corrected chi connectivity index (χ4v) is 3.17. The van der Waals surface area contributed by atoms with E-state index in [0.717, 1.165) is 39.2 Å². The third-order valence-corrected chi connectivity index (χ3v) is 4.47. The molecule has 132 valence electrons. The van der Waals surface area contributed by atoms with E-state index >= 15 is 0 Å². The number of benzene rings is 2. The Balaban J connectivity index is 2.27. The summed E-state index contributed by atoms with van der Waals surface area (Å²) in [6.07, 6.45) is 0. The Hall–Kier alpha value is -2.62. The van der Waals surface area contributed by atoms with Crippen LogP contribution in [0.3, 0.4) is 0 Å². The van der Waals surface area contributed by atoms with E-state index < -0.39 is 0 Å². The van der Waals surface area contributed by atoms with Gasteiger partial charge in [0.05, 0.1) is 5.69 Å². The van der Waals surface area contributed by atoms with E-state index in [2.05, 4.69) is 5.32 Å². The van der Waals surface area contributed by atoms with E-state index in [9.17, 15) is 9.59 Å². The molecular weight excluding hydrogens is 312 g/mol. The third-order valence-electron chi connectivity index (χ3n) is 4.47. The lowest BCUT2D eigenvalue weighted by atomic mass is 10.0. The molecule has 2 amide bonds. The van der Waals surface area contributed by atoms with Gasteiger partial charge in [-0.1, -0.05) is 29.8 Å². The Bertz CT molecular complexity index is 802. The van der Waals surface area contributed by atoms with Crippen LogP contribution < -0.4 is 10.2 Å². The fraction of sp³-hybridized carbons (Fsp3) is 0.333. The summed E-state index contributed by atoms with van der Waals surface area (Å²) in [5, 5.41) is 2.92. The normalized spacial score (nSPS) is 10.5. The summed E-state index contributed by atoms with van der Waals surface area (Å²) in [5.41, 5.74) is 6.88. The number of hydrogen-bond donors (Lipinski definition) is 1. The summed E-state index contributed by atoms with van der Waals surface area (Å²) < 4.78 is 0. The molecule has 2 aromatic carbocycles. The Labute approximate surface area is 149 Å². The van der Waals surface area contributed by atoms with Crippen molar-refractivity contribution in [1.29, 1.82) is 0 Å². The topological polar surface area (TPSA) is 49.4 Å². The minimum atomic E-state index is -0.205. The van der Waals surface area contributed by atoms with Crippen molar-refractivity contribution in [3.05, 3.63) is 58.1 Å². The first-order valence-electron chi connectivity index (χ1n) is 8.42. The van der Waals surface area contributed by atoms with Crippen LogP contribution in [-0.2, 0) is 9.59 Å². The van der Waals surface area contributed by atoms with Crippen LogP contribution in [0.2, 0.25) is 0 Å². The lowest BCUT2D eigenvalue weighted by Gasteiger charge is -2.25.